The lowest BCUT2D eigenvalue weighted by atomic mass is 9.78. The summed E-state index contributed by atoms with van der Waals surface area (Å²) < 4.78 is 33.5. The number of carbonyl (C=O) groups is 1. The number of sulfonamides is 1. The average molecular weight is 442 g/mol. The van der Waals surface area contributed by atoms with Gasteiger partial charge in [-0.05, 0) is 69.0 Å². The van der Waals surface area contributed by atoms with Gasteiger partial charge in [0.1, 0.15) is 11.3 Å². The third kappa shape index (κ3) is 4.83. The Kier molecular flexibility index (Phi) is 6.56. The Morgan fingerprint density at radius 2 is 1.87 bits per heavy atom. The van der Waals surface area contributed by atoms with Crippen molar-refractivity contribution in [3.63, 3.8) is 0 Å². The number of ether oxygens (including phenoxy) is 1. The van der Waals surface area contributed by atoms with Crippen molar-refractivity contribution in [3.05, 3.63) is 53.6 Å². The lowest BCUT2D eigenvalue weighted by Gasteiger charge is -2.36. The number of amides is 1. The van der Waals surface area contributed by atoms with Crippen LogP contribution in [0.15, 0.2) is 47.4 Å². The van der Waals surface area contributed by atoms with Crippen molar-refractivity contribution in [1.82, 2.24) is 5.32 Å². The highest BCUT2D eigenvalue weighted by atomic mass is 32.2. The van der Waals surface area contributed by atoms with Gasteiger partial charge in [-0.25, -0.2) is 8.42 Å². The molecular weight excluding hydrogens is 414 g/mol. The number of methoxy groups -OCH3 is 1. The second kappa shape index (κ2) is 8.98. The van der Waals surface area contributed by atoms with Gasteiger partial charge in [-0.2, -0.15) is 5.26 Å². The zero-order valence-electron chi connectivity index (χ0n) is 18.0. The normalized spacial score (nSPS) is 14.8. The maximum absolute atomic E-state index is 13.6. The number of rotatable bonds is 8. The van der Waals surface area contributed by atoms with E-state index in [-0.39, 0.29) is 23.8 Å². The number of hydrogen-bond acceptors (Lipinski definition) is 5. The lowest BCUT2D eigenvalue weighted by Crippen LogP contribution is -2.52. The topological polar surface area (TPSA) is 99.5 Å². The van der Waals surface area contributed by atoms with E-state index in [1.165, 1.54) is 11.4 Å². The van der Waals surface area contributed by atoms with Gasteiger partial charge in [-0.15, -0.1) is 0 Å². The summed E-state index contributed by atoms with van der Waals surface area (Å²) >= 11 is 0. The molecule has 164 valence electrons. The van der Waals surface area contributed by atoms with Crippen LogP contribution in [0, 0.1) is 25.2 Å². The smallest absolute Gasteiger partial charge is 0.264 e. The molecule has 0 atom stereocenters. The summed E-state index contributed by atoms with van der Waals surface area (Å²) in [7, 11) is -2.37. The van der Waals surface area contributed by atoms with Crippen LogP contribution in [0.5, 0.6) is 5.75 Å². The molecule has 3 rings (SSSR count). The second-order valence-corrected chi connectivity index (χ2v) is 9.72. The van der Waals surface area contributed by atoms with E-state index in [2.05, 4.69) is 11.4 Å². The number of nitrogens with one attached hydrogen (secondary N) is 1. The molecule has 2 aromatic rings. The number of nitrogens with zero attached hydrogens (tertiary/aromatic N) is 2. The quantitative estimate of drug-likeness (QED) is 0.676. The van der Waals surface area contributed by atoms with E-state index < -0.39 is 15.6 Å². The predicted molar refractivity (Wildman–Crippen MR) is 118 cm³/mol. The molecule has 1 amide bonds. The molecule has 0 heterocycles. The number of anilines is 1. The molecule has 1 fully saturated rings. The number of benzene rings is 2. The van der Waals surface area contributed by atoms with Crippen molar-refractivity contribution < 1.29 is 17.9 Å². The summed E-state index contributed by atoms with van der Waals surface area (Å²) in [4.78, 5) is 12.7. The molecule has 31 heavy (non-hydrogen) atoms. The van der Waals surface area contributed by atoms with Gasteiger partial charge in [-0.3, -0.25) is 9.10 Å². The van der Waals surface area contributed by atoms with Crippen molar-refractivity contribution in [2.45, 2.75) is 50.0 Å². The van der Waals surface area contributed by atoms with Crippen LogP contribution >= 0.6 is 0 Å². The molecule has 0 saturated heterocycles. The van der Waals surface area contributed by atoms with Gasteiger partial charge in [0, 0.05) is 13.0 Å². The van der Waals surface area contributed by atoms with E-state index in [0.29, 0.717) is 29.8 Å². The fourth-order valence-corrected chi connectivity index (χ4v) is 5.35. The summed E-state index contributed by atoms with van der Waals surface area (Å²) in [5.41, 5.74) is 1.23. The first-order valence-corrected chi connectivity index (χ1v) is 11.6. The maximum atomic E-state index is 13.6. The molecule has 0 radical (unpaired) electrons. The number of aryl methyl sites for hydroxylation is 2. The minimum Gasteiger partial charge on any atom is -0.497 e. The molecule has 0 spiro atoms. The molecule has 8 heteroatoms. The average Bonchev–Trinajstić information content (AvgIpc) is 2.71. The highest BCUT2D eigenvalue weighted by Gasteiger charge is 2.38. The Labute approximate surface area is 183 Å². The van der Waals surface area contributed by atoms with Crippen molar-refractivity contribution in [3.8, 4) is 11.8 Å². The third-order valence-electron chi connectivity index (χ3n) is 5.60. The molecule has 0 unspecified atom stereocenters. The van der Waals surface area contributed by atoms with E-state index >= 15 is 0 Å². The molecule has 0 aliphatic heterocycles. The molecule has 1 saturated carbocycles. The van der Waals surface area contributed by atoms with E-state index in [0.717, 1.165) is 12.0 Å². The molecule has 0 bridgehead atoms. The first kappa shape index (κ1) is 22.6. The Balaban J connectivity index is 1.89. The molecular formula is C23H27N3O4S. The zero-order valence-corrected chi connectivity index (χ0v) is 18.8. The zero-order chi connectivity index (χ0) is 22.6. The van der Waals surface area contributed by atoms with Crippen molar-refractivity contribution >= 4 is 21.6 Å². The summed E-state index contributed by atoms with van der Waals surface area (Å²) in [6.07, 6.45) is 2.09. The van der Waals surface area contributed by atoms with Crippen LogP contribution in [0.3, 0.4) is 0 Å². The van der Waals surface area contributed by atoms with E-state index in [1.807, 2.05) is 13.0 Å². The van der Waals surface area contributed by atoms with Crippen molar-refractivity contribution in [1.29, 1.82) is 5.26 Å². The molecule has 1 aliphatic rings. The third-order valence-corrected chi connectivity index (χ3v) is 7.59. The van der Waals surface area contributed by atoms with Crippen molar-refractivity contribution in [2.24, 2.45) is 0 Å². The van der Waals surface area contributed by atoms with Gasteiger partial charge in [0.05, 0.1) is 23.8 Å². The second-order valence-electron chi connectivity index (χ2n) is 7.89. The Morgan fingerprint density at radius 1 is 1.19 bits per heavy atom. The van der Waals surface area contributed by atoms with E-state index in [1.54, 1.807) is 43.3 Å². The van der Waals surface area contributed by atoms with Crippen LogP contribution in [-0.2, 0) is 14.8 Å². The first-order chi connectivity index (χ1) is 14.7. The van der Waals surface area contributed by atoms with Crippen LogP contribution in [0.2, 0.25) is 0 Å². The molecule has 1 aliphatic carbocycles. The van der Waals surface area contributed by atoms with Crippen LogP contribution in [0.25, 0.3) is 0 Å². The highest BCUT2D eigenvalue weighted by Crippen LogP contribution is 2.31. The minimum absolute atomic E-state index is 0.0463. The van der Waals surface area contributed by atoms with Gasteiger partial charge >= 0.3 is 0 Å². The fourth-order valence-electron chi connectivity index (χ4n) is 3.67. The predicted octanol–water partition coefficient (Wildman–Crippen LogP) is 3.46. The summed E-state index contributed by atoms with van der Waals surface area (Å²) in [5.74, 6) is 0.266. The van der Waals surface area contributed by atoms with E-state index in [9.17, 15) is 18.5 Å². The standard InChI is InChI=1S/C23H27N3O4S/c1-17-5-10-21(18(2)15-17)31(28,29)26(19-6-8-20(30-3)9-7-19)14-11-22(27)25-23(16-24)12-4-13-23/h5-10,15H,4,11-14H2,1-3H3,(H,25,27). The summed E-state index contributed by atoms with van der Waals surface area (Å²) in [6, 6.07) is 14.0. The van der Waals surface area contributed by atoms with Gasteiger partial charge in [0.15, 0.2) is 0 Å². The Bertz CT molecular complexity index is 1100. The van der Waals surface area contributed by atoms with Crippen molar-refractivity contribution in [2.75, 3.05) is 18.0 Å². The Hall–Kier alpha value is -3.05. The first-order valence-electron chi connectivity index (χ1n) is 10.2. The lowest BCUT2D eigenvalue weighted by molar-refractivity contribution is -0.123. The van der Waals surface area contributed by atoms with Crippen LogP contribution in [0.4, 0.5) is 5.69 Å². The number of nitriles is 1. The minimum atomic E-state index is -3.91. The van der Waals surface area contributed by atoms with Crippen LogP contribution in [-0.4, -0.2) is 33.5 Å². The molecule has 7 nitrogen and oxygen atoms in total. The maximum Gasteiger partial charge on any atom is 0.264 e. The van der Waals surface area contributed by atoms with Gasteiger partial charge < -0.3 is 10.1 Å². The molecule has 0 aromatic heterocycles. The van der Waals surface area contributed by atoms with Crippen LogP contribution < -0.4 is 14.4 Å². The summed E-state index contributed by atoms with van der Waals surface area (Å²) in [6.45, 7) is 3.61. The van der Waals surface area contributed by atoms with Gasteiger partial charge in [-0.1, -0.05) is 17.7 Å². The fraction of sp³-hybridized carbons (Fsp3) is 0.391. The number of hydrogen-bond donors (Lipinski definition) is 1. The largest absolute Gasteiger partial charge is 0.497 e. The monoisotopic (exact) mass is 441 g/mol. The highest BCUT2D eigenvalue weighted by molar-refractivity contribution is 7.92. The summed E-state index contributed by atoms with van der Waals surface area (Å²) in [5, 5.41) is 12.1. The van der Waals surface area contributed by atoms with Gasteiger partial charge in [0.25, 0.3) is 10.0 Å². The molecule has 1 N–H and O–H groups in total. The molecule has 2 aromatic carbocycles. The van der Waals surface area contributed by atoms with E-state index in [4.69, 9.17) is 4.74 Å². The van der Waals surface area contributed by atoms with Gasteiger partial charge in [0.2, 0.25) is 5.91 Å². The van der Waals surface area contributed by atoms with Crippen LogP contribution in [0.1, 0.15) is 36.8 Å². The Morgan fingerprint density at radius 3 is 2.39 bits per heavy atom. The number of carbonyl (C=O) groups excluding carboxylic acids is 1. The SMILES string of the molecule is COc1ccc(N(CCC(=O)NC2(C#N)CCC2)S(=O)(=O)c2ccc(C)cc2C)cc1.